The van der Waals surface area contributed by atoms with Crippen molar-refractivity contribution < 1.29 is 9.66 Å². The maximum absolute atomic E-state index is 11.2. The van der Waals surface area contributed by atoms with Gasteiger partial charge in [0.25, 0.3) is 0 Å². The van der Waals surface area contributed by atoms with Crippen LogP contribution < -0.4 is 10.1 Å². The van der Waals surface area contributed by atoms with Crippen LogP contribution in [0, 0.1) is 10.1 Å². The molecule has 2 aromatic rings. The zero-order chi connectivity index (χ0) is 14.5. The zero-order valence-corrected chi connectivity index (χ0v) is 11.6. The van der Waals surface area contributed by atoms with Crippen molar-refractivity contribution in [3.8, 4) is 11.5 Å². The van der Waals surface area contributed by atoms with Gasteiger partial charge in [-0.1, -0.05) is 17.7 Å². The fourth-order valence-corrected chi connectivity index (χ4v) is 1.88. The number of nitro benzene ring substituents is 1. The van der Waals surface area contributed by atoms with Gasteiger partial charge in [-0.3, -0.25) is 10.1 Å². The Morgan fingerprint density at radius 2 is 1.95 bits per heavy atom. The third kappa shape index (κ3) is 3.19. The Labute approximate surface area is 121 Å². The minimum absolute atomic E-state index is 0.0794. The lowest BCUT2D eigenvalue weighted by Crippen LogP contribution is -2.02. The number of nitrogens with one attached hydrogen (secondary N) is 1. The standard InChI is InChI=1S/C14H13ClN2O3/c1-2-16-12-4-3-5-13(14(12)17(18)19)20-11-8-6-10(15)7-9-11/h3-9,16H,2H2,1H3. The third-order valence-electron chi connectivity index (χ3n) is 2.59. The van der Waals surface area contributed by atoms with Crippen LogP contribution in [-0.2, 0) is 0 Å². The molecular weight excluding hydrogens is 280 g/mol. The number of para-hydroxylation sites is 1. The molecule has 0 bridgehead atoms. The molecule has 2 aromatic carbocycles. The van der Waals surface area contributed by atoms with Crippen LogP contribution in [0.1, 0.15) is 6.92 Å². The second kappa shape index (κ2) is 6.25. The molecule has 20 heavy (non-hydrogen) atoms. The molecule has 0 radical (unpaired) electrons. The van der Waals surface area contributed by atoms with Gasteiger partial charge in [0.15, 0.2) is 0 Å². The van der Waals surface area contributed by atoms with Gasteiger partial charge in [-0.15, -0.1) is 0 Å². The van der Waals surface area contributed by atoms with Crippen molar-refractivity contribution in [2.45, 2.75) is 6.92 Å². The van der Waals surface area contributed by atoms with Crippen molar-refractivity contribution in [1.82, 2.24) is 0 Å². The van der Waals surface area contributed by atoms with E-state index in [2.05, 4.69) is 5.32 Å². The van der Waals surface area contributed by atoms with Crippen molar-refractivity contribution in [1.29, 1.82) is 0 Å². The summed E-state index contributed by atoms with van der Waals surface area (Å²) < 4.78 is 5.57. The van der Waals surface area contributed by atoms with Gasteiger partial charge < -0.3 is 10.1 Å². The molecule has 0 spiro atoms. The molecule has 2 rings (SSSR count). The van der Waals surface area contributed by atoms with Crippen LogP contribution in [0.5, 0.6) is 11.5 Å². The van der Waals surface area contributed by atoms with Crippen LogP contribution in [0.25, 0.3) is 0 Å². The number of rotatable bonds is 5. The average molecular weight is 293 g/mol. The molecule has 0 atom stereocenters. The highest BCUT2D eigenvalue weighted by molar-refractivity contribution is 6.30. The zero-order valence-electron chi connectivity index (χ0n) is 10.8. The highest BCUT2D eigenvalue weighted by atomic mass is 35.5. The Morgan fingerprint density at radius 1 is 1.25 bits per heavy atom. The number of nitrogens with zero attached hydrogens (tertiary/aromatic N) is 1. The van der Waals surface area contributed by atoms with E-state index >= 15 is 0 Å². The largest absolute Gasteiger partial charge is 0.450 e. The first kappa shape index (κ1) is 14.1. The van der Waals surface area contributed by atoms with E-state index < -0.39 is 4.92 Å². The number of hydrogen-bond donors (Lipinski definition) is 1. The van der Waals surface area contributed by atoms with Crippen molar-refractivity contribution in [2.24, 2.45) is 0 Å². The Morgan fingerprint density at radius 3 is 2.55 bits per heavy atom. The quantitative estimate of drug-likeness (QED) is 0.652. The fraction of sp³-hybridized carbons (Fsp3) is 0.143. The number of hydrogen-bond acceptors (Lipinski definition) is 4. The summed E-state index contributed by atoms with van der Waals surface area (Å²) in [4.78, 5) is 10.8. The number of benzene rings is 2. The van der Waals surface area contributed by atoms with Crippen molar-refractivity contribution in [3.05, 3.63) is 57.6 Å². The molecule has 0 aromatic heterocycles. The first-order valence-corrected chi connectivity index (χ1v) is 6.44. The predicted molar refractivity (Wildman–Crippen MR) is 78.8 cm³/mol. The SMILES string of the molecule is CCNc1cccc(Oc2ccc(Cl)cc2)c1[N+](=O)[O-]. The van der Waals surface area contributed by atoms with E-state index in [-0.39, 0.29) is 11.4 Å². The molecule has 6 heteroatoms. The third-order valence-corrected chi connectivity index (χ3v) is 2.84. The van der Waals surface area contributed by atoms with Crippen LogP contribution in [-0.4, -0.2) is 11.5 Å². The Hall–Kier alpha value is -2.27. The van der Waals surface area contributed by atoms with E-state index in [1.165, 1.54) is 0 Å². The highest BCUT2D eigenvalue weighted by Gasteiger charge is 2.21. The van der Waals surface area contributed by atoms with E-state index in [1.54, 1.807) is 42.5 Å². The summed E-state index contributed by atoms with van der Waals surface area (Å²) in [6.07, 6.45) is 0. The Bertz CT molecular complexity index is 614. The summed E-state index contributed by atoms with van der Waals surface area (Å²) in [6.45, 7) is 2.46. The molecule has 0 unspecified atom stereocenters. The average Bonchev–Trinajstić information content (AvgIpc) is 2.41. The van der Waals surface area contributed by atoms with E-state index in [1.807, 2.05) is 6.92 Å². The summed E-state index contributed by atoms with van der Waals surface area (Å²) in [5, 5.41) is 14.8. The summed E-state index contributed by atoms with van der Waals surface area (Å²) in [7, 11) is 0. The van der Waals surface area contributed by atoms with Gasteiger partial charge in [-0.25, -0.2) is 0 Å². The Kier molecular flexibility index (Phi) is 4.42. The molecule has 0 saturated heterocycles. The lowest BCUT2D eigenvalue weighted by molar-refractivity contribution is -0.384. The number of halogens is 1. The van der Waals surface area contributed by atoms with Gasteiger partial charge in [0.1, 0.15) is 11.4 Å². The molecule has 0 fully saturated rings. The van der Waals surface area contributed by atoms with Crippen molar-refractivity contribution >= 4 is 23.0 Å². The lowest BCUT2D eigenvalue weighted by Gasteiger charge is -2.10. The molecule has 5 nitrogen and oxygen atoms in total. The summed E-state index contributed by atoms with van der Waals surface area (Å²) in [5.41, 5.74) is 0.355. The van der Waals surface area contributed by atoms with E-state index in [9.17, 15) is 10.1 Å². The molecule has 0 aliphatic heterocycles. The van der Waals surface area contributed by atoms with E-state index in [4.69, 9.17) is 16.3 Å². The highest BCUT2D eigenvalue weighted by Crippen LogP contribution is 2.37. The number of ether oxygens (including phenoxy) is 1. The summed E-state index contributed by atoms with van der Waals surface area (Å²) in [6, 6.07) is 11.6. The first-order chi connectivity index (χ1) is 9.61. The molecule has 104 valence electrons. The van der Waals surface area contributed by atoms with Crippen LogP contribution >= 0.6 is 11.6 Å². The molecule has 0 heterocycles. The minimum atomic E-state index is -0.455. The van der Waals surface area contributed by atoms with Crippen molar-refractivity contribution in [3.63, 3.8) is 0 Å². The van der Waals surface area contributed by atoms with Gasteiger partial charge in [0.05, 0.1) is 4.92 Å². The van der Waals surface area contributed by atoms with Gasteiger partial charge in [0, 0.05) is 11.6 Å². The van der Waals surface area contributed by atoms with E-state index in [0.29, 0.717) is 23.0 Å². The van der Waals surface area contributed by atoms with Gasteiger partial charge >= 0.3 is 5.69 Å². The number of anilines is 1. The van der Waals surface area contributed by atoms with Crippen LogP contribution in [0.4, 0.5) is 11.4 Å². The van der Waals surface area contributed by atoms with Crippen LogP contribution in [0.2, 0.25) is 5.02 Å². The van der Waals surface area contributed by atoms with Crippen LogP contribution in [0.3, 0.4) is 0 Å². The van der Waals surface area contributed by atoms with Crippen molar-refractivity contribution in [2.75, 3.05) is 11.9 Å². The fourth-order valence-electron chi connectivity index (χ4n) is 1.76. The molecule has 0 aliphatic carbocycles. The van der Waals surface area contributed by atoms with E-state index in [0.717, 1.165) is 0 Å². The molecule has 1 N–H and O–H groups in total. The molecular formula is C14H13ClN2O3. The predicted octanol–water partition coefficient (Wildman–Crippen LogP) is 4.47. The summed E-state index contributed by atoms with van der Waals surface area (Å²) >= 11 is 5.79. The smallest absolute Gasteiger partial charge is 0.334 e. The topological polar surface area (TPSA) is 64.4 Å². The van der Waals surface area contributed by atoms with Gasteiger partial charge in [-0.2, -0.15) is 0 Å². The molecule has 0 saturated carbocycles. The second-order valence-electron chi connectivity index (χ2n) is 4.00. The molecule has 0 amide bonds. The summed E-state index contributed by atoms with van der Waals surface area (Å²) in [5.74, 6) is 0.682. The van der Waals surface area contributed by atoms with Gasteiger partial charge in [0.2, 0.25) is 5.75 Å². The lowest BCUT2D eigenvalue weighted by atomic mass is 10.2. The monoisotopic (exact) mass is 292 g/mol. The van der Waals surface area contributed by atoms with Gasteiger partial charge in [-0.05, 0) is 43.3 Å². The minimum Gasteiger partial charge on any atom is -0.450 e. The normalized spacial score (nSPS) is 10.1. The maximum Gasteiger partial charge on any atom is 0.334 e. The molecule has 0 aliphatic rings. The Balaban J connectivity index is 2.37. The number of nitro groups is 1. The second-order valence-corrected chi connectivity index (χ2v) is 4.43. The van der Waals surface area contributed by atoms with Crippen LogP contribution in [0.15, 0.2) is 42.5 Å². The first-order valence-electron chi connectivity index (χ1n) is 6.06. The maximum atomic E-state index is 11.2.